The van der Waals surface area contributed by atoms with Crippen molar-refractivity contribution in [2.24, 2.45) is 11.5 Å². The van der Waals surface area contributed by atoms with Gasteiger partial charge in [0.2, 0.25) is 41.4 Å². The van der Waals surface area contributed by atoms with E-state index >= 15 is 0 Å². The molecule has 33 nitrogen and oxygen atoms in total. The van der Waals surface area contributed by atoms with E-state index in [-0.39, 0.29) is 19.3 Å². The van der Waals surface area contributed by atoms with Crippen molar-refractivity contribution >= 4 is 65.2 Å². The van der Waals surface area contributed by atoms with Gasteiger partial charge in [-0.3, -0.25) is 48.5 Å². The third kappa shape index (κ3) is 19.4. The van der Waals surface area contributed by atoms with Gasteiger partial charge in [0.1, 0.15) is 73.1 Å². The molecule has 0 radical (unpaired) electrons. The molecule has 2 saturated heterocycles. The molecule has 76 heavy (non-hydrogen) atoms. The van der Waals surface area contributed by atoms with Crippen LogP contribution in [0.5, 0.6) is 0 Å². The molecule has 33 heteroatoms. The number of nitrogens with two attached hydrogens (primary N) is 2. The summed E-state index contributed by atoms with van der Waals surface area (Å²) in [7, 11) is 0. The lowest BCUT2D eigenvalue weighted by molar-refractivity contribution is -0.323. The van der Waals surface area contributed by atoms with E-state index in [0.717, 1.165) is 20.8 Å². The fourth-order valence-electron chi connectivity index (χ4n) is 7.74. The molecule has 2 rings (SSSR count). The first-order valence-electron chi connectivity index (χ1n) is 23.7. The Morgan fingerprint density at radius 2 is 1.30 bits per heavy atom. The number of aliphatic hydroxyl groups is 5. The first-order valence-corrected chi connectivity index (χ1v) is 23.7. The molecule has 0 unspecified atom stereocenters. The Balaban J connectivity index is 2.40. The fraction of sp³-hybridized carbons (Fsp3) is 0.744. The Morgan fingerprint density at radius 1 is 0.724 bits per heavy atom. The minimum atomic E-state index is -2.97. The molecule has 432 valence electrons. The smallest absolute Gasteiger partial charge is 0.364 e. The predicted molar refractivity (Wildman–Crippen MR) is 250 cm³/mol. The second kappa shape index (κ2) is 29.9. The second-order valence-electron chi connectivity index (χ2n) is 18.3. The van der Waals surface area contributed by atoms with Gasteiger partial charge in [0.25, 0.3) is 5.79 Å². The number of carbonyl (C=O) groups excluding carboxylic acids is 7. The van der Waals surface area contributed by atoms with Gasteiger partial charge >= 0.3 is 23.9 Å². The van der Waals surface area contributed by atoms with Gasteiger partial charge < -0.3 is 108 Å². The van der Waals surface area contributed by atoms with E-state index in [2.05, 4.69) is 37.2 Å². The molecular weight excluding hydrogens is 1030 g/mol. The lowest BCUT2D eigenvalue weighted by Gasteiger charge is -2.48. The minimum Gasteiger partial charge on any atom is -0.480 e. The maximum Gasteiger partial charge on any atom is 0.364 e. The van der Waals surface area contributed by atoms with Crippen molar-refractivity contribution in [1.29, 1.82) is 0 Å². The number of aliphatic carboxylic acids is 4. The summed E-state index contributed by atoms with van der Waals surface area (Å²) in [5.41, 5.74) is 11.1. The number of hydrogen-bond acceptors (Lipinski definition) is 22. The molecule has 0 aromatic carbocycles. The Labute approximate surface area is 433 Å². The summed E-state index contributed by atoms with van der Waals surface area (Å²) in [6, 6.07) is -11.7. The number of amides is 7. The zero-order chi connectivity index (χ0) is 58.1. The van der Waals surface area contributed by atoms with E-state index in [1.54, 1.807) is 0 Å². The number of carbonyl (C=O) groups is 11. The van der Waals surface area contributed by atoms with Gasteiger partial charge in [-0.15, -0.1) is 0 Å². The van der Waals surface area contributed by atoms with Gasteiger partial charge in [0.05, 0.1) is 37.4 Å². The van der Waals surface area contributed by atoms with Crippen molar-refractivity contribution in [3.8, 4) is 0 Å². The minimum absolute atomic E-state index is 0.0362. The van der Waals surface area contributed by atoms with Crippen molar-refractivity contribution in [3.63, 3.8) is 0 Å². The molecule has 0 saturated carbocycles. The third-order valence-corrected chi connectivity index (χ3v) is 12.1. The zero-order valence-electron chi connectivity index (χ0n) is 42.3. The highest BCUT2D eigenvalue weighted by Crippen LogP contribution is 2.35. The van der Waals surface area contributed by atoms with Crippen LogP contribution in [-0.4, -0.2) is 234 Å². The van der Waals surface area contributed by atoms with Crippen molar-refractivity contribution in [2.45, 2.75) is 189 Å². The molecule has 2 fully saturated rings. The third-order valence-electron chi connectivity index (χ3n) is 12.1. The van der Waals surface area contributed by atoms with Gasteiger partial charge in [-0.2, -0.15) is 0 Å². The van der Waals surface area contributed by atoms with Crippen LogP contribution in [0.2, 0.25) is 0 Å². The molecule has 18 atom stereocenters. The molecule has 2 heterocycles. The monoisotopic (exact) mass is 1100 g/mol. The summed E-state index contributed by atoms with van der Waals surface area (Å²) in [6.07, 6.45) is -19.6. The Kier molecular flexibility index (Phi) is 25.9. The molecule has 0 spiro atoms. The van der Waals surface area contributed by atoms with Crippen LogP contribution in [0.3, 0.4) is 0 Å². The summed E-state index contributed by atoms with van der Waals surface area (Å²) in [5, 5.41) is 108. The number of carboxylic acid groups (broad SMARTS) is 4. The molecule has 7 amide bonds. The molecule has 0 bridgehead atoms. The van der Waals surface area contributed by atoms with Crippen molar-refractivity contribution in [1.82, 2.24) is 37.2 Å². The summed E-state index contributed by atoms with van der Waals surface area (Å²) in [5.74, 6) is -15.8. The van der Waals surface area contributed by atoms with E-state index in [0.29, 0.717) is 0 Å². The van der Waals surface area contributed by atoms with Crippen LogP contribution in [0.25, 0.3) is 0 Å². The lowest BCUT2D eigenvalue weighted by Crippen LogP contribution is -2.71. The molecule has 0 aromatic heterocycles. The molecule has 0 aromatic rings. The standard InChI is InChI=1S/C43H71N9O24/c1-15(35(62)47-17(3)39(65)66)46-37(64)23(9-7-8-21(44)41(69)70)51-27(58)11-10-22(34(45)61)52-36(63)16(2)48-38-29(50-20(6)55)32(74-18(4)40(67)68)31(60)26(75-38)14-73-43(42(71)72)12-24(56)28(49-19(5)54)33(76-43)30(59)25(57)13-53/h15-18,21-26,28-33,38,48,53,56-57,59-60H,7-14,44H2,1-6H3,(H2,45,61)(H,46,64)(H,47,62)(H,49,54)(H,50,55)(H,51,58)(H,52,63)(H,65,66)(H,67,68)(H,69,70)(H,71,72)/t15-,16+,17-,18-,21+,22-,23-,24+,25-,26-,28-,29-,30-,31-,32-,33-,38+,43-/m1/s1. The van der Waals surface area contributed by atoms with E-state index in [1.165, 1.54) is 20.8 Å². The Morgan fingerprint density at radius 3 is 1.83 bits per heavy atom. The zero-order valence-corrected chi connectivity index (χ0v) is 42.3. The maximum atomic E-state index is 13.7. The molecule has 2 aliphatic rings. The number of primary amides is 1. The van der Waals surface area contributed by atoms with Gasteiger partial charge in [-0.05, 0) is 53.4 Å². The molecule has 2 aliphatic heterocycles. The molecule has 0 aliphatic carbocycles. The van der Waals surface area contributed by atoms with E-state index in [1.807, 2.05) is 0 Å². The molecule has 20 N–H and O–H groups in total. The Bertz CT molecular complexity index is 2090. The normalized spacial score (nSPS) is 26.9. The highest BCUT2D eigenvalue weighted by atomic mass is 16.7. The summed E-state index contributed by atoms with van der Waals surface area (Å²) < 4.78 is 22.9. The Hall–Kier alpha value is -6.27. The first kappa shape index (κ1) is 65.8. The van der Waals surface area contributed by atoms with Gasteiger partial charge in [-0.1, -0.05) is 0 Å². The fourth-order valence-corrected chi connectivity index (χ4v) is 7.74. The quantitative estimate of drug-likeness (QED) is 0.0307. The lowest BCUT2D eigenvalue weighted by atomic mass is 9.88. The highest BCUT2D eigenvalue weighted by molar-refractivity contribution is 5.93. The van der Waals surface area contributed by atoms with E-state index < -0.39 is 207 Å². The number of rotatable bonds is 31. The summed E-state index contributed by atoms with van der Waals surface area (Å²) >= 11 is 0. The summed E-state index contributed by atoms with van der Waals surface area (Å²) in [4.78, 5) is 137. The first-order chi connectivity index (χ1) is 35.3. The topological polar surface area (TPSA) is 543 Å². The van der Waals surface area contributed by atoms with Crippen molar-refractivity contribution in [2.75, 3.05) is 13.2 Å². The number of nitrogens with one attached hydrogen (secondary N) is 7. The van der Waals surface area contributed by atoms with Crippen LogP contribution in [0, 0.1) is 0 Å². The number of carboxylic acids is 4. The largest absolute Gasteiger partial charge is 0.480 e. The van der Waals surface area contributed by atoms with Crippen LogP contribution in [0.15, 0.2) is 0 Å². The van der Waals surface area contributed by atoms with Crippen molar-refractivity contribution < 1.29 is 118 Å². The van der Waals surface area contributed by atoms with Crippen LogP contribution < -0.4 is 48.7 Å². The predicted octanol–water partition coefficient (Wildman–Crippen LogP) is -8.51. The number of hydrogen-bond donors (Lipinski definition) is 18. The van der Waals surface area contributed by atoms with Gasteiger partial charge in [0.15, 0.2) is 6.10 Å². The van der Waals surface area contributed by atoms with E-state index in [9.17, 15) is 88.5 Å². The molecular formula is C43H71N9O24. The SMILES string of the molecule is CC(=O)N[C@@H]1[C@@H](O[C@H](C)C(=O)O)[C@H](O)[C@@H](CO[C@]2(C(=O)O)C[C@H](O)[C@@H](NC(C)=O)[C@H]([C@H](O)[C@H](O)CO)O2)O[C@@H]1N[C@@H](C)C(=O)N[C@H](CCC(=O)N[C@H](CCC[C@H](N)C(=O)O)C(=O)N[C@H](C)C(=O)N[C@H](C)C(=O)O)C(N)=O. The van der Waals surface area contributed by atoms with Crippen LogP contribution in [0.1, 0.15) is 80.1 Å². The van der Waals surface area contributed by atoms with E-state index in [4.69, 9.17) is 40.6 Å². The van der Waals surface area contributed by atoms with Gasteiger partial charge in [-0.25, -0.2) is 9.59 Å². The number of ether oxygens (including phenoxy) is 4. The number of aliphatic hydroxyl groups excluding tert-OH is 5. The van der Waals surface area contributed by atoms with Crippen LogP contribution >= 0.6 is 0 Å². The van der Waals surface area contributed by atoms with Gasteiger partial charge in [0, 0.05) is 26.7 Å². The highest BCUT2D eigenvalue weighted by Gasteiger charge is 2.57. The van der Waals surface area contributed by atoms with Crippen molar-refractivity contribution in [3.05, 3.63) is 0 Å². The average Bonchev–Trinajstić information content (AvgIpc) is 3.33. The average molecular weight is 1100 g/mol. The summed E-state index contributed by atoms with van der Waals surface area (Å²) in [6.45, 7) is 4.52. The second-order valence-corrected chi connectivity index (χ2v) is 18.3. The maximum absolute atomic E-state index is 13.7. The van der Waals surface area contributed by atoms with Crippen LogP contribution in [-0.2, 0) is 71.7 Å². The van der Waals surface area contributed by atoms with Crippen LogP contribution in [0.4, 0.5) is 0 Å².